The quantitative estimate of drug-likeness (QED) is 0.673. The first kappa shape index (κ1) is 13.6. The molecule has 1 aromatic rings. The van der Waals surface area contributed by atoms with Gasteiger partial charge in [0.05, 0.1) is 4.92 Å². The molecule has 0 amide bonds. The third kappa shape index (κ3) is 1.96. The van der Waals surface area contributed by atoms with Crippen molar-refractivity contribution in [3.8, 4) is 0 Å². The summed E-state index contributed by atoms with van der Waals surface area (Å²) in [6.07, 6.45) is 0. The topological polar surface area (TPSA) is 58.4 Å². The molecule has 0 saturated carbocycles. The monoisotopic (exact) mass is 295 g/mol. The predicted octanol–water partition coefficient (Wildman–Crippen LogP) is 2.68. The number of fused-ring (bicyclic) bond motifs is 1. The summed E-state index contributed by atoms with van der Waals surface area (Å²) in [5.74, 6) is 1.08. The second-order valence-corrected chi connectivity index (χ2v) is 6.62. The maximum absolute atomic E-state index is 11.3. The summed E-state index contributed by atoms with van der Waals surface area (Å²) in [6.45, 7) is 7.17. The van der Waals surface area contributed by atoms with Crippen molar-refractivity contribution >= 4 is 23.0 Å². The Hall–Kier alpha value is -1.33. The standard InChI is InChI=1S/C14H18ClN3O2/c1-14(2)11-7-16-6-9(11)8-17(14)12-4-3-10(15)5-13(12)18(19)20/h3-5,9,11,16H,6-8H2,1-2H3. The fourth-order valence-corrected chi connectivity index (χ4v) is 3.87. The van der Waals surface area contributed by atoms with Crippen LogP contribution in [0.4, 0.5) is 11.4 Å². The summed E-state index contributed by atoms with van der Waals surface area (Å²) in [4.78, 5) is 13.1. The lowest BCUT2D eigenvalue weighted by molar-refractivity contribution is -0.384. The van der Waals surface area contributed by atoms with Gasteiger partial charge in [0.15, 0.2) is 0 Å². The molecule has 2 aliphatic rings. The summed E-state index contributed by atoms with van der Waals surface area (Å²) < 4.78 is 0. The number of hydrogen-bond acceptors (Lipinski definition) is 4. The zero-order valence-corrected chi connectivity index (χ0v) is 12.4. The van der Waals surface area contributed by atoms with Crippen LogP contribution in [0, 0.1) is 22.0 Å². The first-order valence-corrected chi connectivity index (χ1v) is 7.21. The molecule has 20 heavy (non-hydrogen) atoms. The minimum absolute atomic E-state index is 0.0905. The van der Waals surface area contributed by atoms with E-state index in [0.29, 0.717) is 22.5 Å². The van der Waals surface area contributed by atoms with E-state index in [9.17, 15) is 10.1 Å². The third-order valence-electron chi connectivity index (χ3n) is 4.78. The normalized spacial score (nSPS) is 27.6. The summed E-state index contributed by atoms with van der Waals surface area (Å²) >= 11 is 5.90. The van der Waals surface area contributed by atoms with Crippen molar-refractivity contribution in [1.29, 1.82) is 0 Å². The molecule has 1 aromatic carbocycles. The van der Waals surface area contributed by atoms with Crippen LogP contribution in [0.5, 0.6) is 0 Å². The summed E-state index contributed by atoms with van der Waals surface area (Å²) in [5, 5.41) is 15.1. The number of anilines is 1. The van der Waals surface area contributed by atoms with Crippen molar-refractivity contribution < 1.29 is 4.92 Å². The Bertz CT molecular complexity index is 561. The van der Waals surface area contributed by atoms with Crippen molar-refractivity contribution in [2.75, 3.05) is 24.5 Å². The van der Waals surface area contributed by atoms with Crippen LogP contribution < -0.4 is 10.2 Å². The fraction of sp³-hybridized carbons (Fsp3) is 0.571. The van der Waals surface area contributed by atoms with E-state index in [1.165, 1.54) is 6.07 Å². The number of nitro benzene ring substituents is 1. The van der Waals surface area contributed by atoms with E-state index in [-0.39, 0.29) is 16.1 Å². The van der Waals surface area contributed by atoms with Crippen molar-refractivity contribution in [2.45, 2.75) is 19.4 Å². The Kier molecular flexibility index (Phi) is 3.14. The van der Waals surface area contributed by atoms with Gasteiger partial charge in [0, 0.05) is 36.3 Å². The van der Waals surface area contributed by atoms with Gasteiger partial charge >= 0.3 is 0 Å². The molecule has 2 aliphatic heterocycles. The molecular weight excluding hydrogens is 278 g/mol. The van der Waals surface area contributed by atoms with Crippen LogP contribution in [0.25, 0.3) is 0 Å². The Labute approximate surface area is 123 Å². The number of nitro groups is 1. The number of nitrogens with zero attached hydrogens (tertiary/aromatic N) is 2. The van der Waals surface area contributed by atoms with E-state index in [1.54, 1.807) is 12.1 Å². The van der Waals surface area contributed by atoms with Gasteiger partial charge < -0.3 is 10.2 Å². The Balaban J connectivity index is 2.04. The van der Waals surface area contributed by atoms with E-state index >= 15 is 0 Å². The second kappa shape index (κ2) is 4.60. The average molecular weight is 296 g/mol. The predicted molar refractivity (Wildman–Crippen MR) is 79.4 cm³/mol. The van der Waals surface area contributed by atoms with Crippen LogP contribution in [-0.4, -0.2) is 30.1 Å². The molecule has 0 spiro atoms. The zero-order valence-electron chi connectivity index (χ0n) is 11.6. The van der Waals surface area contributed by atoms with Crippen LogP contribution in [-0.2, 0) is 0 Å². The van der Waals surface area contributed by atoms with Gasteiger partial charge in [-0.1, -0.05) is 11.6 Å². The van der Waals surface area contributed by atoms with Gasteiger partial charge in [-0.25, -0.2) is 0 Å². The highest BCUT2D eigenvalue weighted by molar-refractivity contribution is 6.30. The van der Waals surface area contributed by atoms with E-state index in [4.69, 9.17) is 11.6 Å². The second-order valence-electron chi connectivity index (χ2n) is 6.18. The summed E-state index contributed by atoms with van der Waals surface area (Å²) in [6, 6.07) is 4.95. The molecule has 1 N–H and O–H groups in total. The van der Waals surface area contributed by atoms with Crippen LogP contribution in [0.2, 0.25) is 5.02 Å². The van der Waals surface area contributed by atoms with E-state index in [0.717, 1.165) is 19.6 Å². The maximum atomic E-state index is 11.3. The molecule has 2 unspecified atom stereocenters. The third-order valence-corrected chi connectivity index (χ3v) is 5.02. The minimum Gasteiger partial charge on any atom is -0.360 e. The Morgan fingerprint density at radius 3 is 2.85 bits per heavy atom. The van der Waals surface area contributed by atoms with E-state index in [2.05, 4.69) is 24.1 Å². The fourth-order valence-electron chi connectivity index (χ4n) is 3.70. The highest BCUT2D eigenvalue weighted by Gasteiger charge is 2.50. The van der Waals surface area contributed by atoms with Crippen LogP contribution in [0.15, 0.2) is 18.2 Å². The van der Waals surface area contributed by atoms with Crippen molar-refractivity contribution in [1.82, 2.24) is 5.32 Å². The highest BCUT2D eigenvalue weighted by Crippen LogP contribution is 2.46. The van der Waals surface area contributed by atoms with Crippen LogP contribution in [0.1, 0.15) is 13.8 Å². The summed E-state index contributed by atoms with van der Waals surface area (Å²) in [5.41, 5.74) is 0.685. The van der Waals surface area contributed by atoms with Crippen LogP contribution >= 0.6 is 11.6 Å². The largest absolute Gasteiger partial charge is 0.360 e. The number of halogens is 1. The molecular formula is C14H18ClN3O2. The lowest BCUT2D eigenvalue weighted by Gasteiger charge is -2.37. The Morgan fingerprint density at radius 2 is 2.20 bits per heavy atom. The summed E-state index contributed by atoms with van der Waals surface area (Å²) in [7, 11) is 0. The molecule has 0 aromatic heterocycles. The van der Waals surface area contributed by atoms with Gasteiger partial charge in [0.2, 0.25) is 0 Å². The smallest absolute Gasteiger partial charge is 0.294 e. The van der Waals surface area contributed by atoms with Gasteiger partial charge in [-0.2, -0.15) is 0 Å². The van der Waals surface area contributed by atoms with E-state index < -0.39 is 0 Å². The number of benzene rings is 1. The maximum Gasteiger partial charge on any atom is 0.294 e. The molecule has 2 heterocycles. The Morgan fingerprint density at radius 1 is 1.45 bits per heavy atom. The molecule has 0 aliphatic carbocycles. The number of hydrogen-bond donors (Lipinski definition) is 1. The first-order chi connectivity index (χ1) is 9.41. The number of nitrogens with one attached hydrogen (secondary N) is 1. The van der Waals surface area contributed by atoms with Gasteiger partial charge in [-0.05, 0) is 37.8 Å². The zero-order chi connectivity index (χ0) is 14.5. The van der Waals surface area contributed by atoms with E-state index in [1.807, 2.05) is 0 Å². The van der Waals surface area contributed by atoms with Gasteiger partial charge in [0.25, 0.3) is 5.69 Å². The molecule has 0 bridgehead atoms. The molecule has 3 rings (SSSR count). The molecule has 2 saturated heterocycles. The molecule has 6 heteroatoms. The van der Waals surface area contributed by atoms with Gasteiger partial charge in [0.1, 0.15) is 5.69 Å². The van der Waals surface area contributed by atoms with Crippen molar-refractivity contribution in [2.24, 2.45) is 11.8 Å². The van der Waals surface area contributed by atoms with Crippen molar-refractivity contribution in [3.63, 3.8) is 0 Å². The lowest BCUT2D eigenvalue weighted by Crippen LogP contribution is -2.44. The SMILES string of the molecule is CC1(C)C2CNCC2CN1c1ccc(Cl)cc1[N+](=O)[O-]. The highest BCUT2D eigenvalue weighted by atomic mass is 35.5. The van der Waals surface area contributed by atoms with Crippen LogP contribution in [0.3, 0.4) is 0 Å². The number of rotatable bonds is 2. The molecule has 5 nitrogen and oxygen atoms in total. The molecule has 2 atom stereocenters. The lowest BCUT2D eigenvalue weighted by atomic mass is 9.84. The molecule has 108 valence electrons. The first-order valence-electron chi connectivity index (χ1n) is 6.83. The van der Waals surface area contributed by atoms with Gasteiger partial charge in [-0.3, -0.25) is 10.1 Å². The molecule has 2 fully saturated rings. The molecule has 0 radical (unpaired) electrons. The average Bonchev–Trinajstić information content (AvgIpc) is 2.92. The van der Waals surface area contributed by atoms with Crippen molar-refractivity contribution in [3.05, 3.63) is 33.3 Å². The van der Waals surface area contributed by atoms with Gasteiger partial charge in [-0.15, -0.1) is 0 Å². The minimum atomic E-state index is -0.344.